The summed E-state index contributed by atoms with van der Waals surface area (Å²) in [5, 5.41) is 6.51. The number of urea groups is 1. The van der Waals surface area contributed by atoms with E-state index >= 15 is 0 Å². The Morgan fingerprint density at radius 1 is 1.15 bits per heavy atom. The van der Waals surface area contributed by atoms with Crippen LogP contribution in [0.4, 0.5) is 10.6 Å². The first-order chi connectivity index (χ1) is 12.4. The zero-order valence-electron chi connectivity index (χ0n) is 15.9. The molecule has 1 aromatic rings. The Balaban J connectivity index is 1.43. The minimum Gasteiger partial charge on any atom is -0.360 e. The topological polar surface area (TPSA) is 81.9 Å². The van der Waals surface area contributed by atoms with E-state index in [0.717, 1.165) is 13.1 Å². The van der Waals surface area contributed by atoms with Gasteiger partial charge in [-0.05, 0) is 25.2 Å². The van der Waals surface area contributed by atoms with E-state index < -0.39 is 0 Å². The van der Waals surface area contributed by atoms with Crippen LogP contribution in [0.1, 0.15) is 26.0 Å². The second-order valence-corrected chi connectivity index (χ2v) is 7.76. The normalized spacial score (nSPS) is 24.6. The number of rotatable bonds is 3. The van der Waals surface area contributed by atoms with Crippen molar-refractivity contribution in [1.29, 1.82) is 0 Å². The second kappa shape index (κ2) is 8.07. The van der Waals surface area contributed by atoms with Crippen molar-refractivity contribution in [3.8, 4) is 0 Å². The molecule has 8 nitrogen and oxygen atoms in total. The molecule has 2 saturated heterocycles. The Kier molecular flexibility index (Phi) is 5.80. The number of aryl methyl sites for hydroxylation is 1. The van der Waals surface area contributed by atoms with Crippen LogP contribution in [0.5, 0.6) is 0 Å². The maximum Gasteiger partial charge on any atom is 0.323 e. The maximum atomic E-state index is 12.6. The summed E-state index contributed by atoms with van der Waals surface area (Å²) >= 11 is 0. The van der Waals surface area contributed by atoms with E-state index in [1.54, 1.807) is 17.9 Å². The summed E-state index contributed by atoms with van der Waals surface area (Å²) in [6.45, 7) is 11.0. The number of anilines is 1. The van der Waals surface area contributed by atoms with E-state index in [-0.39, 0.29) is 11.9 Å². The number of carbonyl (C=O) groups is 2. The first-order valence-corrected chi connectivity index (χ1v) is 9.40. The van der Waals surface area contributed by atoms with Gasteiger partial charge in [0.05, 0.1) is 6.54 Å². The predicted octanol–water partition coefficient (Wildman–Crippen LogP) is 1.64. The summed E-state index contributed by atoms with van der Waals surface area (Å²) < 4.78 is 4.95. The highest BCUT2D eigenvalue weighted by atomic mass is 16.5. The molecule has 3 rings (SSSR count). The van der Waals surface area contributed by atoms with Crippen LogP contribution in [-0.2, 0) is 4.79 Å². The van der Waals surface area contributed by atoms with Crippen molar-refractivity contribution >= 4 is 17.8 Å². The highest BCUT2D eigenvalue weighted by Gasteiger charge is 2.28. The van der Waals surface area contributed by atoms with Gasteiger partial charge in [-0.1, -0.05) is 19.0 Å². The SMILES string of the molecule is Cc1cc(NC(=O)N2CCN(CC(=O)N3CC(C)CC(C)C3)CC2)no1. The summed E-state index contributed by atoms with van der Waals surface area (Å²) in [7, 11) is 0. The van der Waals surface area contributed by atoms with Crippen molar-refractivity contribution in [2.24, 2.45) is 11.8 Å². The number of aromatic nitrogens is 1. The summed E-state index contributed by atoms with van der Waals surface area (Å²) in [5.74, 6) is 2.44. The standard InChI is InChI=1S/C18H29N5O3/c1-13-8-14(2)11-23(10-13)17(24)12-21-4-6-22(7-5-21)18(25)19-16-9-15(3)26-20-16/h9,13-14H,4-8,10-12H2,1-3H3,(H,19,20,25). The summed E-state index contributed by atoms with van der Waals surface area (Å²) in [6, 6.07) is 1.51. The zero-order valence-corrected chi connectivity index (χ0v) is 15.9. The average Bonchev–Trinajstić information content (AvgIpc) is 2.99. The number of piperazine rings is 1. The van der Waals surface area contributed by atoms with Crippen LogP contribution in [0.2, 0.25) is 0 Å². The molecular weight excluding hydrogens is 334 g/mol. The molecule has 0 radical (unpaired) electrons. The zero-order chi connectivity index (χ0) is 18.7. The Hall–Kier alpha value is -2.09. The van der Waals surface area contributed by atoms with Crippen molar-refractivity contribution < 1.29 is 14.1 Å². The molecule has 8 heteroatoms. The highest BCUT2D eigenvalue weighted by Crippen LogP contribution is 2.21. The number of hydrogen-bond donors (Lipinski definition) is 1. The van der Waals surface area contributed by atoms with Gasteiger partial charge in [0.1, 0.15) is 5.76 Å². The average molecular weight is 363 g/mol. The van der Waals surface area contributed by atoms with E-state index in [2.05, 4.69) is 29.2 Å². The third-order valence-corrected chi connectivity index (χ3v) is 5.10. The lowest BCUT2D eigenvalue weighted by molar-refractivity contribution is -0.135. The number of nitrogens with one attached hydrogen (secondary N) is 1. The van der Waals surface area contributed by atoms with E-state index in [1.807, 2.05) is 4.90 Å². The molecule has 1 N–H and O–H groups in total. The van der Waals surface area contributed by atoms with Gasteiger partial charge in [0.15, 0.2) is 5.82 Å². The van der Waals surface area contributed by atoms with Crippen LogP contribution in [-0.4, -0.2) is 77.6 Å². The number of nitrogens with zero attached hydrogens (tertiary/aromatic N) is 4. The van der Waals surface area contributed by atoms with Crippen LogP contribution >= 0.6 is 0 Å². The minimum atomic E-state index is -0.178. The molecule has 2 aliphatic heterocycles. The number of hydrogen-bond acceptors (Lipinski definition) is 5. The van der Waals surface area contributed by atoms with Crippen LogP contribution in [0.25, 0.3) is 0 Å². The van der Waals surface area contributed by atoms with Crippen molar-refractivity contribution in [3.63, 3.8) is 0 Å². The fraction of sp³-hybridized carbons (Fsp3) is 0.722. The fourth-order valence-electron chi connectivity index (χ4n) is 3.88. The molecule has 2 fully saturated rings. The lowest BCUT2D eigenvalue weighted by Gasteiger charge is -2.38. The third kappa shape index (κ3) is 4.75. The number of piperidine rings is 1. The molecule has 3 heterocycles. The number of likely N-dealkylation sites (tertiary alicyclic amines) is 1. The van der Waals surface area contributed by atoms with Gasteiger partial charge in [-0.3, -0.25) is 15.0 Å². The van der Waals surface area contributed by atoms with Crippen LogP contribution in [0, 0.1) is 18.8 Å². The molecule has 0 saturated carbocycles. The van der Waals surface area contributed by atoms with Crippen molar-refractivity contribution in [1.82, 2.24) is 19.9 Å². The molecule has 3 amide bonds. The molecule has 0 bridgehead atoms. The van der Waals surface area contributed by atoms with Gasteiger partial charge in [-0.15, -0.1) is 0 Å². The second-order valence-electron chi connectivity index (χ2n) is 7.76. The molecule has 26 heavy (non-hydrogen) atoms. The molecule has 0 aromatic carbocycles. The van der Waals surface area contributed by atoms with Gasteiger partial charge in [0.25, 0.3) is 0 Å². The summed E-state index contributed by atoms with van der Waals surface area (Å²) in [4.78, 5) is 30.7. The Morgan fingerprint density at radius 2 is 1.81 bits per heavy atom. The Bertz CT molecular complexity index is 629. The smallest absolute Gasteiger partial charge is 0.323 e. The van der Waals surface area contributed by atoms with E-state index in [4.69, 9.17) is 4.52 Å². The van der Waals surface area contributed by atoms with Crippen LogP contribution in [0.15, 0.2) is 10.6 Å². The molecule has 2 aliphatic rings. The molecular formula is C18H29N5O3. The van der Waals surface area contributed by atoms with E-state index in [1.165, 1.54) is 6.42 Å². The first kappa shape index (κ1) is 18.7. The predicted molar refractivity (Wildman–Crippen MR) is 97.8 cm³/mol. The van der Waals surface area contributed by atoms with Crippen molar-refractivity contribution in [3.05, 3.63) is 11.8 Å². The lowest BCUT2D eigenvalue weighted by atomic mass is 9.92. The maximum absolute atomic E-state index is 12.6. The quantitative estimate of drug-likeness (QED) is 0.883. The first-order valence-electron chi connectivity index (χ1n) is 9.40. The molecule has 0 aliphatic carbocycles. The molecule has 0 spiro atoms. The van der Waals surface area contributed by atoms with Crippen LogP contribution < -0.4 is 5.32 Å². The van der Waals surface area contributed by atoms with Gasteiger partial charge in [0.2, 0.25) is 5.91 Å². The molecule has 1 aromatic heterocycles. The van der Waals surface area contributed by atoms with Gasteiger partial charge in [-0.2, -0.15) is 0 Å². The fourth-order valence-corrected chi connectivity index (χ4v) is 3.88. The van der Waals surface area contributed by atoms with Crippen LogP contribution in [0.3, 0.4) is 0 Å². The number of carbonyl (C=O) groups excluding carboxylic acids is 2. The lowest BCUT2D eigenvalue weighted by Crippen LogP contribution is -2.53. The molecule has 2 unspecified atom stereocenters. The van der Waals surface area contributed by atoms with Crippen molar-refractivity contribution in [2.75, 3.05) is 51.1 Å². The third-order valence-electron chi connectivity index (χ3n) is 5.10. The van der Waals surface area contributed by atoms with Gasteiger partial charge in [0, 0.05) is 45.3 Å². The molecule has 2 atom stereocenters. The largest absolute Gasteiger partial charge is 0.360 e. The summed E-state index contributed by atoms with van der Waals surface area (Å²) in [6.07, 6.45) is 1.20. The summed E-state index contributed by atoms with van der Waals surface area (Å²) in [5.41, 5.74) is 0. The van der Waals surface area contributed by atoms with Gasteiger partial charge in [-0.25, -0.2) is 4.79 Å². The molecule has 144 valence electrons. The highest BCUT2D eigenvalue weighted by molar-refractivity contribution is 5.88. The van der Waals surface area contributed by atoms with E-state index in [9.17, 15) is 9.59 Å². The van der Waals surface area contributed by atoms with Gasteiger partial charge < -0.3 is 14.3 Å². The number of amides is 3. The Morgan fingerprint density at radius 3 is 2.38 bits per heavy atom. The van der Waals surface area contributed by atoms with Gasteiger partial charge >= 0.3 is 6.03 Å². The Labute approximate surface area is 154 Å². The van der Waals surface area contributed by atoms with E-state index in [0.29, 0.717) is 56.1 Å². The monoisotopic (exact) mass is 363 g/mol. The minimum absolute atomic E-state index is 0.178. The van der Waals surface area contributed by atoms with Crippen molar-refractivity contribution in [2.45, 2.75) is 27.2 Å².